The van der Waals surface area contributed by atoms with Gasteiger partial charge in [-0.3, -0.25) is 14.8 Å². The monoisotopic (exact) mass is 356 g/mol. The summed E-state index contributed by atoms with van der Waals surface area (Å²) in [6.07, 6.45) is 5.13. The number of rotatable bonds is 5. The predicted molar refractivity (Wildman–Crippen MR) is 95.5 cm³/mol. The maximum Gasteiger partial charge on any atom is 0.217 e. The molecule has 1 aliphatic heterocycles. The Bertz CT molecular complexity index is 735. The Hall–Kier alpha value is -2.55. The van der Waals surface area contributed by atoms with Crippen molar-refractivity contribution in [3.63, 3.8) is 0 Å². The summed E-state index contributed by atoms with van der Waals surface area (Å²) in [7, 11) is 0. The minimum atomic E-state index is 0.0417. The highest BCUT2D eigenvalue weighted by atomic mass is 16.1. The van der Waals surface area contributed by atoms with Gasteiger partial charge in [0.1, 0.15) is 24.3 Å². The van der Waals surface area contributed by atoms with Gasteiger partial charge in [-0.1, -0.05) is 0 Å². The largest absolute Gasteiger partial charge is 0.354 e. The summed E-state index contributed by atoms with van der Waals surface area (Å²) in [5.74, 6) is 2.36. The molecular formula is C17H24N8O. The van der Waals surface area contributed by atoms with E-state index in [2.05, 4.69) is 46.3 Å². The van der Waals surface area contributed by atoms with Gasteiger partial charge in [0.2, 0.25) is 5.91 Å². The maximum absolute atomic E-state index is 11.1. The Morgan fingerprint density at radius 2 is 2.00 bits per heavy atom. The minimum Gasteiger partial charge on any atom is -0.354 e. The molecular weight excluding hydrogens is 332 g/mol. The highest BCUT2D eigenvalue weighted by Crippen LogP contribution is 2.36. The van der Waals surface area contributed by atoms with Gasteiger partial charge in [0.05, 0.1) is 6.54 Å². The molecule has 2 fully saturated rings. The number of anilines is 1. The molecule has 0 unspecified atom stereocenters. The molecule has 1 saturated heterocycles. The summed E-state index contributed by atoms with van der Waals surface area (Å²) in [5.41, 5.74) is 1.08. The van der Waals surface area contributed by atoms with E-state index in [1.165, 1.54) is 0 Å². The fourth-order valence-electron chi connectivity index (χ4n) is 3.68. The molecule has 9 heteroatoms. The third kappa shape index (κ3) is 3.82. The van der Waals surface area contributed by atoms with Gasteiger partial charge in [0.25, 0.3) is 0 Å². The van der Waals surface area contributed by atoms with Crippen LogP contribution in [0.25, 0.3) is 0 Å². The SMILES string of the molecule is CC(=O)NC1CC(c2cc(N3CCN(Cc4ncn[nH]4)CC3)ncn2)C1. The number of aromatic amines is 1. The quantitative estimate of drug-likeness (QED) is 0.794. The Balaban J connectivity index is 1.31. The van der Waals surface area contributed by atoms with Crippen molar-refractivity contribution in [1.29, 1.82) is 0 Å². The first-order chi connectivity index (χ1) is 12.7. The number of H-pyrrole nitrogens is 1. The van der Waals surface area contributed by atoms with Gasteiger partial charge in [-0.05, 0) is 12.8 Å². The number of nitrogens with one attached hydrogen (secondary N) is 2. The first kappa shape index (κ1) is 16.9. The van der Waals surface area contributed by atoms with Gasteiger partial charge in [-0.25, -0.2) is 15.0 Å². The van der Waals surface area contributed by atoms with E-state index in [-0.39, 0.29) is 11.9 Å². The van der Waals surface area contributed by atoms with Crippen molar-refractivity contribution in [3.8, 4) is 0 Å². The average Bonchev–Trinajstić information content (AvgIpc) is 3.11. The molecule has 2 aromatic heterocycles. The molecule has 0 atom stereocenters. The second-order valence-corrected chi connectivity index (χ2v) is 7.06. The highest BCUT2D eigenvalue weighted by Gasteiger charge is 2.32. The molecule has 3 heterocycles. The average molecular weight is 356 g/mol. The fraction of sp³-hybridized carbons (Fsp3) is 0.588. The predicted octanol–water partition coefficient (Wildman–Crippen LogP) is 0.299. The molecule has 4 rings (SSSR count). The van der Waals surface area contributed by atoms with Crippen LogP contribution in [-0.2, 0) is 11.3 Å². The standard InChI is InChI=1S/C17H24N8O/c1-12(26)22-14-6-13(7-14)15-8-17(20-10-18-15)25-4-2-24(3-5-25)9-16-19-11-21-23-16/h8,10-11,13-14H,2-7,9H2,1H3,(H,22,26)(H,19,21,23). The van der Waals surface area contributed by atoms with Crippen molar-refractivity contribution in [2.45, 2.75) is 38.3 Å². The van der Waals surface area contributed by atoms with Crippen LogP contribution in [0.15, 0.2) is 18.7 Å². The number of hydrogen-bond donors (Lipinski definition) is 2. The summed E-state index contributed by atoms with van der Waals surface area (Å²) in [5, 5.41) is 9.78. The van der Waals surface area contributed by atoms with E-state index in [9.17, 15) is 4.79 Å². The highest BCUT2D eigenvalue weighted by molar-refractivity contribution is 5.73. The van der Waals surface area contributed by atoms with Crippen LogP contribution in [0.2, 0.25) is 0 Å². The van der Waals surface area contributed by atoms with Gasteiger partial charge in [-0.2, -0.15) is 5.10 Å². The Morgan fingerprint density at radius 3 is 2.69 bits per heavy atom. The molecule has 1 aliphatic carbocycles. The van der Waals surface area contributed by atoms with Crippen LogP contribution >= 0.6 is 0 Å². The minimum absolute atomic E-state index is 0.0417. The normalized spacial score (nSPS) is 23.5. The lowest BCUT2D eigenvalue weighted by molar-refractivity contribution is -0.120. The molecule has 0 bridgehead atoms. The zero-order valence-electron chi connectivity index (χ0n) is 14.9. The molecule has 138 valence electrons. The van der Waals surface area contributed by atoms with Crippen LogP contribution in [-0.4, -0.2) is 68.2 Å². The second kappa shape index (κ2) is 7.36. The number of nitrogens with zero attached hydrogens (tertiary/aromatic N) is 6. The summed E-state index contributed by atoms with van der Waals surface area (Å²) < 4.78 is 0. The third-order valence-corrected chi connectivity index (χ3v) is 5.17. The molecule has 2 aromatic rings. The van der Waals surface area contributed by atoms with E-state index in [0.717, 1.165) is 62.9 Å². The van der Waals surface area contributed by atoms with Crippen LogP contribution in [0, 0.1) is 0 Å². The number of amides is 1. The fourth-order valence-corrected chi connectivity index (χ4v) is 3.68. The van der Waals surface area contributed by atoms with E-state index in [1.54, 1.807) is 19.6 Å². The zero-order valence-corrected chi connectivity index (χ0v) is 14.9. The van der Waals surface area contributed by atoms with Crippen LogP contribution < -0.4 is 10.2 Å². The summed E-state index contributed by atoms with van der Waals surface area (Å²) in [6.45, 7) is 6.17. The number of carbonyl (C=O) groups is 1. The lowest BCUT2D eigenvalue weighted by Gasteiger charge is -2.37. The third-order valence-electron chi connectivity index (χ3n) is 5.17. The van der Waals surface area contributed by atoms with E-state index in [4.69, 9.17) is 0 Å². The Morgan fingerprint density at radius 1 is 1.19 bits per heavy atom. The van der Waals surface area contributed by atoms with Crippen LogP contribution in [0.4, 0.5) is 5.82 Å². The van der Waals surface area contributed by atoms with Crippen molar-refractivity contribution in [2.24, 2.45) is 0 Å². The van der Waals surface area contributed by atoms with Gasteiger partial charge in [0, 0.05) is 56.8 Å². The summed E-state index contributed by atoms with van der Waals surface area (Å²) in [4.78, 5) is 28.9. The van der Waals surface area contributed by atoms with Gasteiger partial charge < -0.3 is 10.2 Å². The van der Waals surface area contributed by atoms with E-state index >= 15 is 0 Å². The summed E-state index contributed by atoms with van der Waals surface area (Å²) >= 11 is 0. The molecule has 1 saturated carbocycles. The molecule has 1 amide bonds. The molecule has 0 spiro atoms. The van der Waals surface area contributed by atoms with Crippen LogP contribution in [0.5, 0.6) is 0 Å². The number of piperazine rings is 1. The van der Waals surface area contributed by atoms with Crippen LogP contribution in [0.3, 0.4) is 0 Å². The number of hydrogen-bond acceptors (Lipinski definition) is 7. The van der Waals surface area contributed by atoms with Gasteiger partial charge in [-0.15, -0.1) is 0 Å². The van der Waals surface area contributed by atoms with Crippen molar-refractivity contribution in [3.05, 3.63) is 30.2 Å². The van der Waals surface area contributed by atoms with Crippen molar-refractivity contribution in [2.75, 3.05) is 31.1 Å². The Kier molecular flexibility index (Phi) is 4.79. The van der Waals surface area contributed by atoms with Crippen molar-refractivity contribution >= 4 is 11.7 Å². The summed E-state index contributed by atoms with van der Waals surface area (Å²) in [6, 6.07) is 2.40. The van der Waals surface area contributed by atoms with Gasteiger partial charge in [0.15, 0.2) is 0 Å². The van der Waals surface area contributed by atoms with Crippen LogP contribution in [0.1, 0.15) is 37.2 Å². The molecule has 2 aliphatic rings. The Labute approximate surface area is 152 Å². The lowest BCUT2D eigenvalue weighted by Crippen LogP contribution is -2.46. The molecule has 9 nitrogen and oxygen atoms in total. The first-order valence-electron chi connectivity index (χ1n) is 9.08. The maximum atomic E-state index is 11.1. The van der Waals surface area contributed by atoms with Crippen molar-refractivity contribution in [1.82, 2.24) is 35.4 Å². The van der Waals surface area contributed by atoms with Gasteiger partial charge >= 0.3 is 0 Å². The lowest BCUT2D eigenvalue weighted by atomic mass is 9.78. The second-order valence-electron chi connectivity index (χ2n) is 7.06. The number of aromatic nitrogens is 5. The van der Waals surface area contributed by atoms with Crippen molar-refractivity contribution < 1.29 is 4.79 Å². The molecule has 0 aromatic carbocycles. The van der Waals surface area contributed by atoms with E-state index < -0.39 is 0 Å². The number of carbonyl (C=O) groups excluding carboxylic acids is 1. The molecule has 2 N–H and O–H groups in total. The van der Waals surface area contributed by atoms with E-state index in [0.29, 0.717) is 5.92 Å². The molecule has 26 heavy (non-hydrogen) atoms. The molecule has 0 radical (unpaired) electrons. The smallest absolute Gasteiger partial charge is 0.217 e. The zero-order chi connectivity index (χ0) is 17.9. The topological polar surface area (TPSA) is 103 Å². The van der Waals surface area contributed by atoms with E-state index in [1.807, 2.05) is 0 Å². The first-order valence-corrected chi connectivity index (χ1v) is 9.08.